The van der Waals surface area contributed by atoms with Gasteiger partial charge >= 0.3 is 6.30 Å². The molecule has 16 heavy (non-hydrogen) atoms. The van der Waals surface area contributed by atoms with Crippen LogP contribution in [0.3, 0.4) is 0 Å². The van der Waals surface area contributed by atoms with Gasteiger partial charge in [0.2, 0.25) is 0 Å². The summed E-state index contributed by atoms with van der Waals surface area (Å²) in [6.45, 7) is 1.48. The van der Waals surface area contributed by atoms with Crippen LogP contribution < -0.4 is 4.90 Å². The van der Waals surface area contributed by atoms with Crippen molar-refractivity contribution in [1.82, 2.24) is 0 Å². The Balaban J connectivity index is 3.12. The van der Waals surface area contributed by atoms with E-state index < -0.39 is 12.2 Å². The lowest BCUT2D eigenvalue weighted by molar-refractivity contribution is -0.146. The van der Waals surface area contributed by atoms with Gasteiger partial charge in [0, 0.05) is 0 Å². The molecule has 0 spiro atoms. The fourth-order valence-electron chi connectivity index (χ4n) is 1.19. The summed E-state index contributed by atoms with van der Waals surface area (Å²) >= 11 is 0. The molecular formula is C11H10F3NO. The van der Waals surface area contributed by atoms with E-state index in [2.05, 4.69) is 0 Å². The number of allylic oxidation sites excluding steroid dienone is 1. The van der Waals surface area contributed by atoms with Gasteiger partial charge in [-0.2, -0.15) is 0 Å². The lowest BCUT2D eigenvalue weighted by Crippen LogP contribution is -2.42. The molecule has 2 nitrogen and oxygen atoms in total. The molecule has 1 aromatic carbocycles. The van der Waals surface area contributed by atoms with E-state index in [0.717, 1.165) is 6.08 Å². The molecule has 0 atom stereocenters. The average Bonchev–Trinajstić information content (AvgIpc) is 2.17. The van der Waals surface area contributed by atoms with Crippen LogP contribution in [-0.4, -0.2) is 12.2 Å². The minimum Gasteiger partial charge on any atom is -0.269 e. The zero-order chi connectivity index (χ0) is 12.2. The summed E-state index contributed by atoms with van der Waals surface area (Å²) < 4.78 is 38.0. The van der Waals surface area contributed by atoms with Crippen molar-refractivity contribution in [3.63, 3.8) is 0 Å². The van der Waals surface area contributed by atoms with Gasteiger partial charge in [-0.1, -0.05) is 24.3 Å². The first-order chi connectivity index (χ1) is 7.46. The van der Waals surface area contributed by atoms with Gasteiger partial charge in [0.05, 0.1) is 5.69 Å². The molecule has 0 saturated carbocycles. The van der Waals surface area contributed by atoms with Crippen LogP contribution in [0.2, 0.25) is 0 Å². The number of anilines is 1. The number of nitrogens with zero attached hydrogens (tertiary/aromatic N) is 1. The SMILES string of the molecule is C/C=C/C(=O)N(c1ccccc1)C(F)(F)F. The largest absolute Gasteiger partial charge is 0.491 e. The topological polar surface area (TPSA) is 20.3 Å². The Labute approximate surface area is 91.0 Å². The van der Waals surface area contributed by atoms with Gasteiger partial charge < -0.3 is 0 Å². The van der Waals surface area contributed by atoms with E-state index in [9.17, 15) is 18.0 Å². The lowest BCUT2D eigenvalue weighted by Gasteiger charge is -2.23. The Morgan fingerprint density at radius 1 is 1.25 bits per heavy atom. The summed E-state index contributed by atoms with van der Waals surface area (Å²) in [6.07, 6.45) is -2.58. The molecule has 0 bridgehead atoms. The lowest BCUT2D eigenvalue weighted by atomic mass is 10.3. The number of benzene rings is 1. The number of carbonyl (C=O) groups is 1. The third-order valence-corrected chi connectivity index (χ3v) is 1.80. The maximum atomic E-state index is 12.7. The molecule has 0 aliphatic rings. The normalized spacial score (nSPS) is 11.8. The zero-order valence-corrected chi connectivity index (χ0v) is 8.53. The molecular weight excluding hydrogens is 219 g/mol. The second kappa shape index (κ2) is 4.83. The molecule has 0 aromatic heterocycles. The van der Waals surface area contributed by atoms with Gasteiger partial charge in [-0.25, -0.2) is 4.90 Å². The molecule has 0 unspecified atom stereocenters. The number of hydrogen-bond acceptors (Lipinski definition) is 1. The van der Waals surface area contributed by atoms with Crippen molar-refractivity contribution in [3.05, 3.63) is 42.5 Å². The second-order valence-corrected chi connectivity index (χ2v) is 2.98. The summed E-state index contributed by atoms with van der Waals surface area (Å²) in [5.74, 6) is -1.11. The molecule has 0 aliphatic carbocycles. The molecule has 0 radical (unpaired) electrons. The van der Waals surface area contributed by atoms with Gasteiger partial charge in [-0.3, -0.25) is 4.79 Å². The Bertz CT molecular complexity index is 384. The van der Waals surface area contributed by atoms with Crippen LogP contribution in [0.1, 0.15) is 6.92 Å². The zero-order valence-electron chi connectivity index (χ0n) is 8.53. The highest BCUT2D eigenvalue weighted by atomic mass is 19.4. The number of para-hydroxylation sites is 1. The summed E-state index contributed by atoms with van der Waals surface area (Å²) in [5, 5.41) is 0. The van der Waals surface area contributed by atoms with Crippen LogP contribution in [0.15, 0.2) is 42.5 Å². The van der Waals surface area contributed by atoms with Gasteiger partial charge in [0.1, 0.15) is 0 Å². The first kappa shape index (κ1) is 12.3. The third-order valence-electron chi connectivity index (χ3n) is 1.80. The van der Waals surface area contributed by atoms with Gasteiger partial charge in [-0.15, -0.1) is 13.2 Å². The summed E-state index contributed by atoms with van der Waals surface area (Å²) in [5.41, 5.74) is -0.196. The van der Waals surface area contributed by atoms with E-state index >= 15 is 0 Å². The highest BCUT2D eigenvalue weighted by Gasteiger charge is 2.41. The highest BCUT2D eigenvalue weighted by Crippen LogP contribution is 2.28. The van der Waals surface area contributed by atoms with Crippen molar-refractivity contribution in [2.75, 3.05) is 4.90 Å². The van der Waals surface area contributed by atoms with Gasteiger partial charge in [0.15, 0.2) is 0 Å². The maximum Gasteiger partial charge on any atom is 0.491 e. The molecule has 5 heteroatoms. The number of alkyl halides is 3. The fraction of sp³-hybridized carbons (Fsp3) is 0.182. The second-order valence-electron chi connectivity index (χ2n) is 2.98. The van der Waals surface area contributed by atoms with E-state index in [1.807, 2.05) is 0 Å². The Hall–Kier alpha value is -1.78. The standard InChI is InChI=1S/C11H10F3NO/c1-2-6-10(16)15(11(12,13)14)9-7-4-3-5-8-9/h2-8H,1H3/b6-2+. The molecule has 1 rings (SSSR count). The van der Waals surface area contributed by atoms with Crippen LogP contribution >= 0.6 is 0 Å². The molecule has 1 amide bonds. The van der Waals surface area contributed by atoms with Crippen molar-refractivity contribution in [2.24, 2.45) is 0 Å². The van der Waals surface area contributed by atoms with Crippen LogP contribution in [0.4, 0.5) is 18.9 Å². The quantitative estimate of drug-likeness (QED) is 0.563. The van der Waals surface area contributed by atoms with Crippen LogP contribution in [0.5, 0.6) is 0 Å². The van der Waals surface area contributed by atoms with Gasteiger partial charge in [-0.05, 0) is 25.1 Å². The van der Waals surface area contributed by atoms with Crippen LogP contribution in [0, 0.1) is 0 Å². The number of amides is 1. The Morgan fingerprint density at radius 2 is 1.81 bits per heavy atom. The van der Waals surface area contributed by atoms with Gasteiger partial charge in [0.25, 0.3) is 5.91 Å². The van der Waals surface area contributed by atoms with Crippen molar-refractivity contribution in [1.29, 1.82) is 0 Å². The third kappa shape index (κ3) is 2.85. The number of hydrogen-bond donors (Lipinski definition) is 0. The average molecular weight is 229 g/mol. The molecule has 0 heterocycles. The van der Waals surface area contributed by atoms with Crippen LogP contribution in [-0.2, 0) is 4.79 Å². The van der Waals surface area contributed by atoms with E-state index in [4.69, 9.17) is 0 Å². The fourth-order valence-corrected chi connectivity index (χ4v) is 1.19. The van der Waals surface area contributed by atoms with Crippen molar-refractivity contribution in [3.8, 4) is 0 Å². The van der Waals surface area contributed by atoms with E-state index in [0.29, 0.717) is 0 Å². The van der Waals surface area contributed by atoms with E-state index in [1.165, 1.54) is 37.3 Å². The Kier molecular flexibility index (Phi) is 3.71. The number of halogens is 3. The molecule has 86 valence electrons. The number of rotatable bonds is 2. The summed E-state index contributed by atoms with van der Waals surface area (Å²) in [4.78, 5) is 11.1. The molecule has 0 saturated heterocycles. The van der Waals surface area contributed by atoms with Crippen molar-refractivity contribution in [2.45, 2.75) is 13.2 Å². The predicted molar refractivity (Wildman–Crippen MR) is 54.8 cm³/mol. The smallest absolute Gasteiger partial charge is 0.269 e. The Morgan fingerprint density at radius 3 is 2.25 bits per heavy atom. The minimum absolute atomic E-state index is 0.196. The monoisotopic (exact) mass is 229 g/mol. The molecule has 0 fully saturated rings. The molecule has 0 N–H and O–H groups in total. The minimum atomic E-state index is -4.72. The predicted octanol–water partition coefficient (Wildman–Crippen LogP) is 3.12. The van der Waals surface area contributed by atoms with Crippen molar-refractivity contribution >= 4 is 11.6 Å². The summed E-state index contributed by atoms with van der Waals surface area (Å²) in [6, 6.07) is 6.93. The highest BCUT2D eigenvalue weighted by molar-refractivity contribution is 6.01. The first-order valence-electron chi connectivity index (χ1n) is 4.55. The molecule has 1 aromatic rings. The maximum absolute atomic E-state index is 12.7. The number of carbonyl (C=O) groups excluding carboxylic acids is 1. The van der Waals surface area contributed by atoms with Crippen LogP contribution in [0.25, 0.3) is 0 Å². The van der Waals surface area contributed by atoms with E-state index in [1.54, 1.807) is 6.07 Å². The first-order valence-corrected chi connectivity index (χ1v) is 4.55. The molecule has 0 aliphatic heterocycles. The van der Waals surface area contributed by atoms with E-state index in [-0.39, 0.29) is 10.6 Å². The summed E-state index contributed by atoms with van der Waals surface area (Å²) in [7, 11) is 0. The van der Waals surface area contributed by atoms with Crippen molar-refractivity contribution < 1.29 is 18.0 Å².